The molecule has 2 aromatic rings. The van der Waals surface area contributed by atoms with E-state index in [4.69, 9.17) is 0 Å². The highest BCUT2D eigenvalue weighted by Crippen LogP contribution is 2.16. The van der Waals surface area contributed by atoms with Gasteiger partial charge in [0.2, 0.25) is 0 Å². The van der Waals surface area contributed by atoms with Gasteiger partial charge in [0.1, 0.15) is 0 Å². The van der Waals surface area contributed by atoms with E-state index in [1.807, 2.05) is 11.8 Å². The number of rotatable bonds is 4. The first kappa shape index (κ1) is 18.2. The van der Waals surface area contributed by atoms with Crippen LogP contribution < -0.4 is 5.32 Å². The Kier molecular flexibility index (Phi) is 5.42. The van der Waals surface area contributed by atoms with Crippen molar-refractivity contribution in [1.82, 2.24) is 19.6 Å². The Bertz CT molecular complexity index is 802. The van der Waals surface area contributed by atoms with Gasteiger partial charge < -0.3 is 10.2 Å². The quantitative estimate of drug-likeness (QED) is 0.917. The second kappa shape index (κ2) is 7.74. The van der Waals surface area contributed by atoms with Gasteiger partial charge in [0.25, 0.3) is 0 Å². The number of carbonyl (C=O) groups excluding carboxylic acids is 1. The van der Waals surface area contributed by atoms with Crippen LogP contribution in [0, 0.1) is 13.8 Å². The van der Waals surface area contributed by atoms with Gasteiger partial charge in [0.15, 0.2) is 5.82 Å². The molecule has 3 rings (SSSR count). The summed E-state index contributed by atoms with van der Waals surface area (Å²) in [4.78, 5) is 16.9. The third-order valence-corrected chi connectivity index (χ3v) is 4.88. The lowest BCUT2D eigenvalue weighted by molar-refractivity contribution is 0.134. The van der Waals surface area contributed by atoms with Crippen molar-refractivity contribution in [2.75, 3.05) is 31.5 Å². The van der Waals surface area contributed by atoms with Crippen LogP contribution in [-0.2, 0) is 6.54 Å². The minimum Gasteiger partial charge on any atom is -0.343 e. The van der Waals surface area contributed by atoms with Crippen LogP contribution >= 0.6 is 0 Å². The fourth-order valence-corrected chi connectivity index (χ4v) is 3.18. The molecule has 0 spiro atoms. The fourth-order valence-electron chi connectivity index (χ4n) is 3.18. The van der Waals surface area contributed by atoms with Gasteiger partial charge in [-0.25, -0.2) is 4.79 Å². The van der Waals surface area contributed by atoms with Crippen LogP contribution in [0.5, 0.6) is 0 Å². The van der Waals surface area contributed by atoms with Gasteiger partial charge in [-0.05, 0) is 37.5 Å². The van der Waals surface area contributed by atoms with Crippen molar-refractivity contribution in [2.45, 2.75) is 27.3 Å². The summed E-state index contributed by atoms with van der Waals surface area (Å²) in [5.74, 6) is 0.638. The highest BCUT2D eigenvalue weighted by atomic mass is 16.2. The molecule has 1 amide bonds. The van der Waals surface area contributed by atoms with Crippen molar-refractivity contribution in [3.8, 4) is 0 Å². The first-order chi connectivity index (χ1) is 12.4. The highest BCUT2D eigenvalue weighted by Gasteiger charge is 2.23. The minimum atomic E-state index is -0.0776. The zero-order valence-corrected chi connectivity index (χ0v) is 15.8. The second-order valence-electron chi connectivity index (χ2n) is 6.96. The topological polar surface area (TPSA) is 53.4 Å². The van der Waals surface area contributed by atoms with E-state index < -0.39 is 0 Å². The predicted molar refractivity (Wildman–Crippen MR) is 104 cm³/mol. The zero-order chi connectivity index (χ0) is 18.7. The number of carbonyl (C=O) groups is 1. The van der Waals surface area contributed by atoms with E-state index in [0.717, 1.165) is 25.3 Å². The molecular formula is C20H27N5O. The molecule has 0 radical (unpaired) electrons. The van der Waals surface area contributed by atoms with Gasteiger partial charge in [-0.15, -0.1) is 5.10 Å². The molecule has 6 heteroatoms. The molecule has 1 N–H and O–H groups in total. The molecule has 2 heterocycles. The molecule has 0 bridgehead atoms. The van der Waals surface area contributed by atoms with Gasteiger partial charge in [-0.1, -0.05) is 24.8 Å². The van der Waals surface area contributed by atoms with E-state index in [9.17, 15) is 4.79 Å². The van der Waals surface area contributed by atoms with Crippen LogP contribution in [0.1, 0.15) is 23.6 Å². The van der Waals surface area contributed by atoms with E-state index in [1.165, 1.54) is 21.4 Å². The molecule has 0 atom stereocenters. The van der Waals surface area contributed by atoms with E-state index >= 15 is 0 Å². The van der Waals surface area contributed by atoms with Crippen molar-refractivity contribution < 1.29 is 4.79 Å². The number of allylic oxidation sites excluding steroid dienone is 1. The monoisotopic (exact) mass is 353 g/mol. The summed E-state index contributed by atoms with van der Waals surface area (Å²) in [6.45, 7) is 14.1. The largest absolute Gasteiger partial charge is 0.344 e. The molecule has 0 aliphatic carbocycles. The summed E-state index contributed by atoms with van der Waals surface area (Å²) in [7, 11) is 0. The van der Waals surface area contributed by atoms with Gasteiger partial charge in [0.05, 0.1) is 0 Å². The molecule has 1 fully saturated rings. The van der Waals surface area contributed by atoms with E-state index in [2.05, 4.69) is 53.9 Å². The van der Waals surface area contributed by atoms with Crippen molar-refractivity contribution in [2.24, 2.45) is 0 Å². The number of anilines is 1. The van der Waals surface area contributed by atoms with Crippen LogP contribution in [0.4, 0.5) is 10.6 Å². The number of hydrogen-bond donors (Lipinski definition) is 1. The Morgan fingerprint density at radius 2 is 1.92 bits per heavy atom. The van der Waals surface area contributed by atoms with E-state index in [1.54, 1.807) is 12.3 Å². The SMILES string of the molecule is C=C(C)Nc1ccn(C(=O)N2CCN(Cc3cccc(C)c3C)CC2)n1. The number of aromatic nitrogens is 2. The summed E-state index contributed by atoms with van der Waals surface area (Å²) in [5.41, 5.74) is 4.85. The lowest BCUT2D eigenvalue weighted by Crippen LogP contribution is -2.49. The fraction of sp³-hybridized carbons (Fsp3) is 0.400. The summed E-state index contributed by atoms with van der Waals surface area (Å²) in [5, 5.41) is 7.30. The summed E-state index contributed by atoms with van der Waals surface area (Å²) >= 11 is 0. The van der Waals surface area contributed by atoms with Crippen LogP contribution in [0.15, 0.2) is 42.7 Å². The minimum absolute atomic E-state index is 0.0776. The first-order valence-electron chi connectivity index (χ1n) is 8.99. The van der Waals surface area contributed by atoms with Gasteiger partial charge in [-0.3, -0.25) is 4.90 Å². The normalized spacial score (nSPS) is 15.1. The predicted octanol–water partition coefficient (Wildman–Crippen LogP) is 3.23. The molecule has 1 aromatic heterocycles. The molecule has 26 heavy (non-hydrogen) atoms. The number of aryl methyl sites for hydroxylation is 1. The Morgan fingerprint density at radius 1 is 1.19 bits per heavy atom. The molecule has 0 unspecified atom stereocenters. The Morgan fingerprint density at radius 3 is 2.62 bits per heavy atom. The Labute approximate surface area is 155 Å². The summed E-state index contributed by atoms with van der Waals surface area (Å²) in [6, 6.07) is 8.16. The third kappa shape index (κ3) is 4.14. The average Bonchev–Trinajstić information content (AvgIpc) is 3.07. The number of benzene rings is 1. The molecule has 1 aromatic carbocycles. The molecular weight excluding hydrogens is 326 g/mol. The number of amides is 1. The third-order valence-electron chi connectivity index (χ3n) is 4.88. The first-order valence-corrected chi connectivity index (χ1v) is 8.99. The smallest absolute Gasteiger partial charge is 0.343 e. The lowest BCUT2D eigenvalue weighted by atomic mass is 10.0. The Balaban J connectivity index is 1.56. The lowest BCUT2D eigenvalue weighted by Gasteiger charge is -2.34. The zero-order valence-electron chi connectivity index (χ0n) is 15.8. The molecule has 1 aliphatic rings. The Hall–Kier alpha value is -2.60. The molecule has 0 saturated carbocycles. The molecule has 1 saturated heterocycles. The van der Waals surface area contributed by atoms with Crippen molar-refractivity contribution >= 4 is 11.8 Å². The summed E-state index contributed by atoms with van der Waals surface area (Å²) in [6.07, 6.45) is 1.69. The molecule has 138 valence electrons. The van der Waals surface area contributed by atoms with Crippen molar-refractivity contribution in [1.29, 1.82) is 0 Å². The van der Waals surface area contributed by atoms with Crippen molar-refractivity contribution in [3.05, 3.63) is 59.4 Å². The maximum absolute atomic E-state index is 12.6. The maximum Gasteiger partial charge on any atom is 0.344 e. The van der Waals surface area contributed by atoms with Gasteiger partial charge >= 0.3 is 6.03 Å². The maximum atomic E-state index is 12.6. The number of hydrogen-bond acceptors (Lipinski definition) is 4. The van der Waals surface area contributed by atoms with Crippen LogP contribution in [0.2, 0.25) is 0 Å². The van der Waals surface area contributed by atoms with E-state index in [0.29, 0.717) is 18.9 Å². The second-order valence-corrected chi connectivity index (χ2v) is 6.96. The number of nitrogens with one attached hydrogen (secondary N) is 1. The van der Waals surface area contributed by atoms with Crippen LogP contribution in [0.3, 0.4) is 0 Å². The van der Waals surface area contributed by atoms with Crippen LogP contribution in [0.25, 0.3) is 0 Å². The number of nitrogens with zero attached hydrogens (tertiary/aromatic N) is 4. The van der Waals surface area contributed by atoms with E-state index in [-0.39, 0.29) is 6.03 Å². The van der Waals surface area contributed by atoms with Gasteiger partial charge in [0, 0.05) is 50.7 Å². The van der Waals surface area contributed by atoms with Gasteiger partial charge in [-0.2, -0.15) is 4.68 Å². The number of piperazine rings is 1. The van der Waals surface area contributed by atoms with Crippen molar-refractivity contribution in [3.63, 3.8) is 0 Å². The average molecular weight is 353 g/mol. The highest BCUT2D eigenvalue weighted by molar-refractivity contribution is 5.76. The summed E-state index contributed by atoms with van der Waals surface area (Å²) < 4.78 is 1.39. The van der Waals surface area contributed by atoms with Crippen LogP contribution in [-0.4, -0.2) is 51.8 Å². The standard InChI is InChI=1S/C20H27N5O/c1-15(2)21-19-8-9-25(22-19)20(26)24-12-10-23(11-13-24)14-18-7-5-6-16(3)17(18)4/h5-9H,1,10-14H2,2-4H3,(H,21,22). The molecule has 6 nitrogen and oxygen atoms in total. The molecule has 1 aliphatic heterocycles.